The third-order valence-corrected chi connectivity index (χ3v) is 8.23. The minimum Gasteiger partial charge on any atom is -0.342 e. The number of piperidine rings is 1. The topological polar surface area (TPSA) is 67.9 Å². The minimum atomic E-state index is 0.0174. The maximum Gasteiger partial charge on any atom is 0.236 e. The van der Waals surface area contributed by atoms with Gasteiger partial charge in [0.1, 0.15) is 0 Å². The van der Waals surface area contributed by atoms with Crippen LogP contribution in [0.25, 0.3) is 0 Å². The van der Waals surface area contributed by atoms with Gasteiger partial charge in [-0.15, -0.1) is 0 Å². The zero-order chi connectivity index (χ0) is 22.6. The molecule has 4 aliphatic rings. The number of nitrogens with zero attached hydrogens (tertiary/aromatic N) is 3. The number of hydrazine groups is 1. The Morgan fingerprint density at radius 1 is 0.879 bits per heavy atom. The largest absolute Gasteiger partial charge is 0.342 e. The summed E-state index contributed by atoms with van der Waals surface area (Å²) in [6.07, 6.45) is 7.71. The van der Waals surface area contributed by atoms with Crippen molar-refractivity contribution in [3.63, 3.8) is 0 Å². The zero-order valence-corrected chi connectivity index (χ0v) is 19.8. The van der Waals surface area contributed by atoms with Gasteiger partial charge in [0.05, 0.1) is 12.5 Å². The smallest absolute Gasteiger partial charge is 0.236 e. The normalized spacial score (nSPS) is 27.3. The van der Waals surface area contributed by atoms with E-state index in [0.29, 0.717) is 18.4 Å². The Morgan fingerprint density at radius 3 is 2.36 bits per heavy atom. The fraction of sp³-hybridized carbons (Fsp3) is 0.692. The average Bonchev–Trinajstić information content (AvgIpc) is 3.18. The monoisotopic (exact) mass is 453 g/mol. The van der Waals surface area contributed by atoms with Gasteiger partial charge < -0.3 is 9.80 Å². The van der Waals surface area contributed by atoms with Gasteiger partial charge in [-0.2, -0.15) is 0 Å². The van der Waals surface area contributed by atoms with E-state index in [-0.39, 0.29) is 17.9 Å². The quantitative estimate of drug-likeness (QED) is 0.728. The lowest BCUT2D eigenvalue weighted by molar-refractivity contribution is -0.137. The molecule has 33 heavy (non-hydrogen) atoms. The van der Waals surface area contributed by atoms with Gasteiger partial charge in [-0.25, -0.2) is 0 Å². The van der Waals surface area contributed by atoms with Crippen molar-refractivity contribution in [2.75, 3.05) is 45.8 Å². The molecule has 4 heterocycles. The predicted molar refractivity (Wildman–Crippen MR) is 128 cm³/mol. The highest BCUT2D eigenvalue weighted by atomic mass is 16.2. The van der Waals surface area contributed by atoms with Gasteiger partial charge in [0.2, 0.25) is 11.8 Å². The van der Waals surface area contributed by atoms with Gasteiger partial charge in [0, 0.05) is 51.9 Å². The predicted octanol–water partition coefficient (Wildman–Crippen LogP) is 1.78. The molecule has 1 aromatic rings. The van der Waals surface area contributed by atoms with E-state index < -0.39 is 0 Å². The van der Waals surface area contributed by atoms with Crippen molar-refractivity contribution in [2.45, 2.75) is 57.5 Å². The molecule has 5 rings (SSSR count). The lowest BCUT2D eigenvalue weighted by Gasteiger charge is -2.38. The summed E-state index contributed by atoms with van der Waals surface area (Å²) in [7, 11) is 0. The fourth-order valence-corrected chi connectivity index (χ4v) is 6.22. The number of hydrogen-bond donors (Lipinski definition) is 2. The van der Waals surface area contributed by atoms with Crippen molar-refractivity contribution in [1.29, 1.82) is 0 Å². The highest BCUT2D eigenvalue weighted by molar-refractivity contribution is 5.80. The van der Waals surface area contributed by atoms with Crippen LogP contribution in [0.15, 0.2) is 24.3 Å². The number of amides is 2. The second-order valence-electron chi connectivity index (χ2n) is 10.3. The van der Waals surface area contributed by atoms with Crippen LogP contribution in [-0.4, -0.2) is 78.4 Å². The van der Waals surface area contributed by atoms with Crippen LogP contribution in [0, 0.1) is 11.8 Å². The molecule has 0 spiro atoms. The maximum absolute atomic E-state index is 13.3. The first-order chi connectivity index (χ1) is 16.2. The number of likely N-dealkylation sites (tertiary alicyclic amines) is 2. The van der Waals surface area contributed by atoms with Crippen LogP contribution in [0.4, 0.5) is 0 Å². The summed E-state index contributed by atoms with van der Waals surface area (Å²) in [6, 6.07) is 8.76. The molecule has 0 aliphatic carbocycles. The molecule has 7 heteroatoms. The second kappa shape index (κ2) is 10.5. The van der Waals surface area contributed by atoms with Crippen LogP contribution in [0.1, 0.15) is 49.7 Å². The Balaban J connectivity index is 1.11. The number of hydrogen-bond acceptors (Lipinski definition) is 5. The van der Waals surface area contributed by atoms with Crippen LogP contribution < -0.4 is 10.9 Å². The number of nitrogens with one attached hydrogen (secondary N) is 2. The van der Waals surface area contributed by atoms with Gasteiger partial charge in [-0.3, -0.25) is 25.3 Å². The molecule has 2 amide bonds. The van der Waals surface area contributed by atoms with Gasteiger partial charge in [-0.05, 0) is 49.1 Å². The first-order valence-corrected chi connectivity index (χ1v) is 13.0. The van der Waals surface area contributed by atoms with E-state index in [1.165, 1.54) is 24.0 Å². The highest BCUT2D eigenvalue weighted by Crippen LogP contribution is 2.29. The molecular weight excluding hydrogens is 414 g/mol. The van der Waals surface area contributed by atoms with E-state index in [0.717, 1.165) is 77.9 Å². The molecule has 0 bridgehead atoms. The number of carbonyl (C=O) groups is 2. The molecule has 3 fully saturated rings. The van der Waals surface area contributed by atoms with Crippen molar-refractivity contribution in [2.24, 2.45) is 11.8 Å². The third-order valence-electron chi connectivity index (χ3n) is 8.23. The Hall–Kier alpha value is -1.96. The Bertz CT molecular complexity index is 830. The highest BCUT2D eigenvalue weighted by Gasteiger charge is 2.41. The standard InChI is InChI=1S/C26H39N5O2/c32-24(19-29-14-9-20-7-3-4-8-22(20)18-29)30-15-10-21(11-16-30)25-23(17-27-28-25)26(33)31-12-5-1-2-6-13-31/h3-4,7-8,21,23,25,27-28H,1-2,5-6,9-19H2. The van der Waals surface area contributed by atoms with Gasteiger partial charge >= 0.3 is 0 Å². The third kappa shape index (κ3) is 5.26. The molecule has 0 radical (unpaired) electrons. The molecule has 180 valence electrons. The summed E-state index contributed by atoms with van der Waals surface area (Å²) in [5, 5.41) is 0. The van der Waals surface area contributed by atoms with Crippen LogP contribution in [0.3, 0.4) is 0 Å². The second-order valence-corrected chi connectivity index (χ2v) is 10.3. The average molecular weight is 454 g/mol. The summed E-state index contributed by atoms with van der Waals surface area (Å²) in [6.45, 7) is 6.49. The van der Waals surface area contributed by atoms with Crippen molar-refractivity contribution >= 4 is 11.8 Å². The van der Waals surface area contributed by atoms with Crippen molar-refractivity contribution in [1.82, 2.24) is 25.6 Å². The lowest BCUT2D eigenvalue weighted by Crippen LogP contribution is -2.50. The Morgan fingerprint density at radius 2 is 1.61 bits per heavy atom. The van der Waals surface area contributed by atoms with Crippen LogP contribution in [0.2, 0.25) is 0 Å². The number of benzene rings is 1. The van der Waals surface area contributed by atoms with Crippen molar-refractivity contribution in [3.8, 4) is 0 Å². The zero-order valence-electron chi connectivity index (χ0n) is 19.8. The van der Waals surface area contributed by atoms with Crippen LogP contribution >= 0.6 is 0 Å². The SMILES string of the molecule is O=C(CN1CCc2ccccc2C1)N1CCC(C2NNCC2C(=O)N2CCCCCC2)CC1. The number of fused-ring (bicyclic) bond motifs is 1. The lowest BCUT2D eigenvalue weighted by atomic mass is 9.82. The van der Waals surface area contributed by atoms with Crippen LogP contribution in [0.5, 0.6) is 0 Å². The van der Waals surface area contributed by atoms with E-state index in [1.807, 2.05) is 4.90 Å². The van der Waals surface area contributed by atoms with Crippen LogP contribution in [-0.2, 0) is 22.6 Å². The van der Waals surface area contributed by atoms with E-state index in [1.54, 1.807) is 0 Å². The fourth-order valence-electron chi connectivity index (χ4n) is 6.22. The first kappa shape index (κ1) is 22.8. The molecule has 4 aliphatic heterocycles. The van der Waals surface area contributed by atoms with Gasteiger partial charge in [0.25, 0.3) is 0 Å². The molecular formula is C26H39N5O2. The maximum atomic E-state index is 13.3. The molecule has 3 saturated heterocycles. The summed E-state index contributed by atoms with van der Waals surface area (Å²) in [5.41, 5.74) is 9.47. The molecule has 7 nitrogen and oxygen atoms in total. The Kier molecular flexibility index (Phi) is 7.28. The molecule has 0 saturated carbocycles. The molecule has 2 atom stereocenters. The first-order valence-electron chi connectivity index (χ1n) is 13.0. The summed E-state index contributed by atoms with van der Waals surface area (Å²) < 4.78 is 0. The summed E-state index contributed by atoms with van der Waals surface area (Å²) in [4.78, 5) is 32.7. The van der Waals surface area contributed by atoms with Crippen molar-refractivity contribution < 1.29 is 9.59 Å². The summed E-state index contributed by atoms with van der Waals surface area (Å²) in [5.74, 6) is 1.03. The minimum absolute atomic E-state index is 0.0174. The van der Waals surface area contributed by atoms with E-state index in [4.69, 9.17) is 0 Å². The van der Waals surface area contributed by atoms with E-state index in [9.17, 15) is 9.59 Å². The van der Waals surface area contributed by atoms with E-state index >= 15 is 0 Å². The number of rotatable bonds is 4. The van der Waals surface area contributed by atoms with Crippen molar-refractivity contribution in [3.05, 3.63) is 35.4 Å². The van der Waals surface area contributed by atoms with Gasteiger partial charge in [-0.1, -0.05) is 37.1 Å². The molecule has 2 unspecified atom stereocenters. The molecule has 0 aromatic heterocycles. The van der Waals surface area contributed by atoms with Gasteiger partial charge in [0.15, 0.2) is 0 Å². The molecule has 1 aromatic carbocycles. The number of carbonyl (C=O) groups excluding carboxylic acids is 2. The molecule has 2 N–H and O–H groups in total. The Labute approximate surface area is 197 Å². The van der Waals surface area contributed by atoms with E-state index in [2.05, 4.69) is 44.9 Å². The summed E-state index contributed by atoms with van der Waals surface area (Å²) >= 11 is 0.